The molecule has 1 aliphatic rings. The van der Waals surface area contributed by atoms with E-state index >= 15 is 0 Å². The first-order valence-electron chi connectivity index (χ1n) is 9.19. The molecule has 0 aliphatic carbocycles. The Bertz CT molecular complexity index is 901. The Morgan fingerprint density at radius 3 is 2.38 bits per heavy atom. The summed E-state index contributed by atoms with van der Waals surface area (Å²) in [6, 6.07) is 9.89. The van der Waals surface area contributed by atoms with Gasteiger partial charge >= 0.3 is 6.03 Å². The van der Waals surface area contributed by atoms with Gasteiger partial charge in [0.15, 0.2) is 0 Å². The Balaban J connectivity index is 1.80. The highest BCUT2D eigenvalue weighted by Gasteiger charge is 2.21. The van der Waals surface area contributed by atoms with Gasteiger partial charge in [0.2, 0.25) is 5.91 Å². The quantitative estimate of drug-likeness (QED) is 0.591. The number of methoxy groups -OCH3 is 1. The van der Waals surface area contributed by atoms with E-state index in [1.165, 1.54) is 11.2 Å². The highest BCUT2D eigenvalue weighted by Crippen LogP contribution is 2.38. The summed E-state index contributed by atoms with van der Waals surface area (Å²) in [6.45, 7) is 3.25. The maximum Gasteiger partial charge on any atom is 0.336 e. The molecule has 1 fully saturated rings. The summed E-state index contributed by atoms with van der Waals surface area (Å²) in [4.78, 5) is 26.1. The fourth-order valence-electron chi connectivity index (χ4n) is 3.19. The molecule has 2 N–H and O–H groups in total. The number of nitrogens with zero attached hydrogens (tertiary/aromatic N) is 2. The first kappa shape index (κ1) is 21.1. The first-order chi connectivity index (χ1) is 13.9. The van der Waals surface area contributed by atoms with Gasteiger partial charge in [0.1, 0.15) is 5.75 Å². The van der Waals surface area contributed by atoms with Crippen LogP contribution in [0.4, 0.5) is 27.5 Å². The highest BCUT2D eigenvalue weighted by molar-refractivity contribution is 7.82. The van der Waals surface area contributed by atoms with Gasteiger partial charge in [-0.2, -0.15) is 0 Å². The van der Waals surface area contributed by atoms with Crippen molar-refractivity contribution in [3.63, 3.8) is 0 Å². The molecule has 3 amide bonds. The molecule has 2 aromatic carbocycles. The van der Waals surface area contributed by atoms with Crippen molar-refractivity contribution in [2.75, 3.05) is 40.0 Å². The minimum Gasteiger partial charge on any atom is -0.495 e. The Morgan fingerprint density at radius 1 is 1.14 bits per heavy atom. The molecular formula is C20H23ClN4O3S. The van der Waals surface area contributed by atoms with Crippen LogP contribution in [0.25, 0.3) is 0 Å². The van der Waals surface area contributed by atoms with Crippen molar-refractivity contribution in [3.8, 4) is 5.75 Å². The molecule has 0 aromatic heterocycles. The molecule has 3 rings (SSSR count). The third kappa shape index (κ3) is 5.07. The van der Waals surface area contributed by atoms with Crippen LogP contribution in [0.3, 0.4) is 0 Å². The van der Waals surface area contributed by atoms with Gasteiger partial charge in [0.25, 0.3) is 0 Å². The Labute approximate surface area is 180 Å². The molecule has 154 valence electrons. The zero-order valence-electron chi connectivity index (χ0n) is 16.2. The zero-order valence-corrected chi connectivity index (χ0v) is 17.9. The van der Waals surface area contributed by atoms with Crippen LogP contribution in [0.1, 0.15) is 19.8 Å². The second kappa shape index (κ2) is 9.28. The molecule has 9 heteroatoms. The number of amides is 3. The van der Waals surface area contributed by atoms with E-state index in [2.05, 4.69) is 28.3 Å². The van der Waals surface area contributed by atoms with Gasteiger partial charge in [0, 0.05) is 31.8 Å². The van der Waals surface area contributed by atoms with Crippen molar-refractivity contribution in [1.82, 2.24) is 0 Å². The second-order valence-electron chi connectivity index (χ2n) is 6.67. The van der Waals surface area contributed by atoms with Crippen molar-refractivity contribution < 1.29 is 14.3 Å². The highest BCUT2D eigenvalue weighted by atomic mass is 35.5. The lowest BCUT2D eigenvalue weighted by Crippen LogP contribution is -2.28. The van der Waals surface area contributed by atoms with E-state index in [-0.39, 0.29) is 5.91 Å². The number of carbonyl (C=O) groups excluding carboxylic acids is 2. The minimum atomic E-state index is -0.428. The standard InChI is InChI=1S/C20H23ClN4O3S/c1-13(26)22-14-5-7-15(8-6-14)25(29)20(27)23-17-11-16(21)19(28-2)12-18(17)24-9-3-4-10-24/h5-8,11-12,29H,3-4,9-10H2,1-2H3,(H,22,26)(H,23,27). The number of thiol groups is 1. The normalized spacial score (nSPS) is 13.2. The molecule has 0 saturated carbocycles. The second-order valence-corrected chi connectivity index (χ2v) is 7.48. The Kier molecular flexibility index (Phi) is 6.76. The molecule has 0 spiro atoms. The SMILES string of the molecule is COc1cc(N2CCCC2)c(NC(=O)N(S)c2ccc(NC(C)=O)cc2)cc1Cl. The molecule has 1 aliphatic heterocycles. The summed E-state index contributed by atoms with van der Waals surface area (Å²) in [5, 5.41) is 5.98. The summed E-state index contributed by atoms with van der Waals surface area (Å²) < 4.78 is 6.53. The van der Waals surface area contributed by atoms with E-state index in [0.29, 0.717) is 27.8 Å². The van der Waals surface area contributed by atoms with Gasteiger partial charge in [-0.05, 0) is 43.2 Å². The zero-order chi connectivity index (χ0) is 21.0. The van der Waals surface area contributed by atoms with Gasteiger partial charge in [-0.3, -0.25) is 4.79 Å². The summed E-state index contributed by atoms with van der Waals surface area (Å²) in [7, 11) is 1.56. The molecule has 1 heterocycles. The van der Waals surface area contributed by atoms with E-state index in [9.17, 15) is 9.59 Å². The van der Waals surface area contributed by atoms with Gasteiger partial charge in [0.05, 0.1) is 29.2 Å². The lowest BCUT2D eigenvalue weighted by Gasteiger charge is -2.24. The molecule has 2 aromatic rings. The molecule has 0 radical (unpaired) electrons. The molecular weight excluding hydrogens is 412 g/mol. The lowest BCUT2D eigenvalue weighted by molar-refractivity contribution is -0.114. The van der Waals surface area contributed by atoms with E-state index in [0.717, 1.165) is 31.6 Å². The summed E-state index contributed by atoms with van der Waals surface area (Å²) in [5.41, 5.74) is 2.65. The van der Waals surface area contributed by atoms with E-state index in [4.69, 9.17) is 16.3 Å². The monoisotopic (exact) mass is 434 g/mol. The van der Waals surface area contributed by atoms with Crippen LogP contribution in [-0.2, 0) is 4.79 Å². The molecule has 7 nitrogen and oxygen atoms in total. The Hall–Kier alpha value is -2.58. The maximum atomic E-state index is 12.8. The van der Waals surface area contributed by atoms with Crippen LogP contribution in [0, 0.1) is 0 Å². The summed E-state index contributed by atoms with van der Waals surface area (Å²) >= 11 is 10.6. The number of carbonyl (C=O) groups is 2. The van der Waals surface area contributed by atoms with Crippen LogP contribution in [0.5, 0.6) is 5.75 Å². The van der Waals surface area contributed by atoms with Gasteiger partial charge < -0.3 is 20.3 Å². The van der Waals surface area contributed by atoms with E-state index in [1.54, 1.807) is 37.4 Å². The fraction of sp³-hybridized carbons (Fsp3) is 0.300. The number of halogens is 1. The number of rotatable bonds is 5. The number of nitrogens with one attached hydrogen (secondary N) is 2. The molecule has 0 bridgehead atoms. The van der Waals surface area contributed by atoms with Crippen LogP contribution in [0.15, 0.2) is 36.4 Å². The first-order valence-corrected chi connectivity index (χ1v) is 9.97. The molecule has 1 saturated heterocycles. The number of ether oxygens (including phenoxy) is 1. The van der Waals surface area contributed by atoms with Crippen LogP contribution in [0.2, 0.25) is 5.02 Å². The minimum absolute atomic E-state index is 0.163. The predicted molar refractivity (Wildman–Crippen MR) is 121 cm³/mol. The molecule has 0 unspecified atom stereocenters. The lowest BCUT2D eigenvalue weighted by atomic mass is 10.2. The smallest absolute Gasteiger partial charge is 0.336 e. The van der Waals surface area contributed by atoms with Crippen molar-refractivity contribution in [1.29, 1.82) is 0 Å². The third-order valence-corrected chi connectivity index (χ3v) is 5.29. The third-order valence-electron chi connectivity index (χ3n) is 4.58. The van der Waals surface area contributed by atoms with Crippen molar-refractivity contribution >= 4 is 59.1 Å². The van der Waals surface area contributed by atoms with E-state index in [1.807, 2.05) is 6.07 Å². The van der Waals surface area contributed by atoms with Gasteiger partial charge in [-0.1, -0.05) is 24.4 Å². The molecule has 29 heavy (non-hydrogen) atoms. The number of anilines is 4. The number of urea groups is 1. The van der Waals surface area contributed by atoms with Gasteiger partial charge in [-0.25, -0.2) is 9.10 Å². The number of benzene rings is 2. The van der Waals surface area contributed by atoms with Crippen LogP contribution in [-0.4, -0.2) is 32.1 Å². The molecule has 0 atom stereocenters. The van der Waals surface area contributed by atoms with Crippen LogP contribution < -0.4 is 24.6 Å². The average Bonchev–Trinajstić information content (AvgIpc) is 3.22. The van der Waals surface area contributed by atoms with Gasteiger partial charge in [-0.15, -0.1) is 0 Å². The maximum absolute atomic E-state index is 12.8. The summed E-state index contributed by atoms with van der Waals surface area (Å²) in [5.74, 6) is 0.395. The fourth-order valence-corrected chi connectivity index (χ4v) is 3.62. The van der Waals surface area contributed by atoms with Crippen molar-refractivity contribution in [3.05, 3.63) is 41.4 Å². The summed E-state index contributed by atoms with van der Waals surface area (Å²) in [6.07, 6.45) is 2.19. The average molecular weight is 435 g/mol. The van der Waals surface area contributed by atoms with Crippen molar-refractivity contribution in [2.24, 2.45) is 0 Å². The van der Waals surface area contributed by atoms with E-state index < -0.39 is 6.03 Å². The topological polar surface area (TPSA) is 73.9 Å². The predicted octanol–water partition coefficient (Wildman–Crippen LogP) is 4.79. The van der Waals surface area contributed by atoms with Crippen molar-refractivity contribution in [2.45, 2.75) is 19.8 Å². The number of hydrogen-bond donors (Lipinski definition) is 3. The largest absolute Gasteiger partial charge is 0.495 e. The number of hydrogen-bond acceptors (Lipinski definition) is 5. The Morgan fingerprint density at radius 2 is 1.79 bits per heavy atom. The van der Waals surface area contributed by atoms with Crippen LogP contribution >= 0.6 is 24.4 Å².